The van der Waals surface area contributed by atoms with E-state index in [1.807, 2.05) is 6.07 Å². The highest BCUT2D eigenvalue weighted by molar-refractivity contribution is 5.55. The third kappa shape index (κ3) is 1.99. The van der Waals surface area contributed by atoms with Gasteiger partial charge in [0.05, 0.1) is 0 Å². The molecule has 0 spiro atoms. The van der Waals surface area contributed by atoms with Crippen LogP contribution in [0.3, 0.4) is 0 Å². The quantitative estimate of drug-likeness (QED) is 0.763. The molecule has 1 aliphatic carbocycles. The van der Waals surface area contributed by atoms with Crippen molar-refractivity contribution in [1.82, 2.24) is 9.13 Å². The largest absolute Gasteiger partial charge is 0.353 e. The molecule has 2 atom stereocenters. The van der Waals surface area contributed by atoms with Crippen molar-refractivity contribution in [2.75, 3.05) is 11.4 Å². The minimum Gasteiger partial charge on any atom is -0.353 e. The molecule has 0 amide bonds. The molecule has 0 N–H and O–H groups in total. The number of hydrogen-bond donors (Lipinski definition) is 0. The highest BCUT2D eigenvalue weighted by Crippen LogP contribution is 2.38. The lowest BCUT2D eigenvalue weighted by atomic mass is 9.85. The number of nitrogens with zero attached hydrogens (tertiary/aromatic N) is 4. The molecule has 1 aromatic heterocycles. The predicted molar refractivity (Wildman–Crippen MR) is 79.3 cm³/mol. The van der Waals surface area contributed by atoms with Crippen LogP contribution in [-0.2, 0) is 14.1 Å². The lowest BCUT2D eigenvalue weighted by Gasteiger charge is -2.34. The summed E-state index contributed by atoms with van der Waals surface area (Å²) in [6, 6.07) is 2.37. The second kappa shape index (κ2) is 5.06. The molecule has 1 aromatic rings. The molecule has 112 valence electrons. The van der Waals surface area contributed by atoms with Crippen LogP contribution in [0, 0.1) is 17.2 Å². The van der Waals surface area contributed by atoms with Gasteiger partial charge < -0.3 is 4.90 Å². The summed E-state index contributed by atoms with van der Waals surface area (Å²) in [6.45, 7) is 0.824. The Morgan fingerprint density at radius 2 is 1.81 bits per heavy atom. The summed E-state index contributed by atoms with van der Waals surface area (Å²) in [4.78, 5) is 26.5. The maximum Gasteiger partial charge on any atom is 0.332 e. The van der Waals surface area contributed by atoms with Crippen molar-refractivity contribution in [3.8, 4) is 6.07 Å². The van der Waals surface area contributed by atoms with E-state index in [0.717, 1.165) is 24.0 Å². The Hall–Kier alpha value is -2.03. The minimum atomic E-state index is -0.491. The molecular weight excluding hydrogens is 268 g/mol. The van der Waals surface area contributed by atoms with Crippen molar-refractivity contribution in [1.29, 1.82) is 5.26 Å². The number of nitriles is 1. The normalized spacial score (nSPS) is 24.7. The van der Waals surface area contributed by atoms with Crippen LogP contribution in [0.4, 0.5) is 5.82 Å². The molecule has 3 rings (SSSR count). The molecule has 2 fully saturated rings. The van der Waals surface area contributed by atoms with Gasteiger partial charge >= 0.3 is 5.69 Å². The van der Waals surface area contributed by atoms with E-state index in [1.54, 1.807) is 7.05 Å². The summed E-state index contributed by atoms with van der Waals surface area (Å²) in [7, 11) is 3.07. The fourth-order valence-corrected chi connectivity index (χ4v) is 3.94. The Morgan fingerprint density at radius 1 is 1.10 bits per heavy atom. The lowest BCUT2D eigenvalue weighted by molar-refractivity contribution is 0.340. The molecule has 2 unspecified atom stereocenters. The number of anilines is 1. The van der Waals surface area contributed by atoms with Crippen LogP contribution >= 0.6 is 0 Å². The van der Waals surface area contributed by atoms with Gasteiger partial charge in [-0.1, -0.05) is 12.8 Å². The third-order valence-corrected chi connectivity index (χ3v) is 5.03. The first-order valence-corrected chi connectivity index (χ1v) is 7.53. The van der Waals surface area contributed by atoms with Gasteiger partial charge in [-0.3, -0.25) is 13.9 Å². The lowest BCUT2D eigenvalue weighted by Crippen LogP contribution is -2.45. The van der Waals surface area contributed by atoms with E-state index in [1.165, 1.54) is 30.9 Å². The molecule has 2 aliphatic rings. The molecule has 2 heterocycles. The summed E-state index contributed by atoms with van der Waals surface area (Å²) in [5, 5.41) is 9.39. The SMILES string of the molecule is Cn1c(N2CCC3CCCCC32)c(C#N)c(=O)n(C)c1=O. The number of aromatic nitrogens is 2. The monoisotopic (exact) mass is 288 g/mol. The van der Waals surface area contributed by atoms with Gasteiger partial charge in [0.15, 0.2) is 5.56 Å². The minimum absolute atomic E-state index is 0.0887. The van der Waals surface area contributed by atoms with E-state index in [2.05, 4.69) is 4.90 Å². The highest BCUT2D eigenvalue weighted by atomic mass is 16.2. The zero-order valence-corrected chi connectivity index (χ0v) is 12.5. The van der Waals surface area contributed by atoms with E-state index in [9.17, 15) is 14.9 Å². The van der Waals surface area contributed by atoms with E-state index in [-0.39, 0.29) is 11.3 Å². The molecule has 0 radical (unpaired) electrons. The van der Waals surface area contributed by atoms with Crippen molar-refractivity contribution in [2.45, 2.75) is 38.1 Å². The molecule has 21 heavy (non-hydrogen) atoms. The Kier molecular flexibility index (Phi) is 3.36. The smallest absolute Gasteiger partial charge is 0.332 e. The fraction of sp³-hybridized carbons (Fsp3) is 0.667. The second-order valence-corrected chi connectivity index (χ2v) is 6.11. The maximum atomic E-state index is 12.2. The zero-order valence-electron chi connectivity index (χ0n) is 12.5. The highest BCUT2D eigenvalue weighted by Gasteiger charge is 2.38. The fourth-order valence-electron chi connectivity index (χ4n) is 3.94. The molecule has 1 aliphatic heterocycles. The van der Waals surface area contributed by atoms with Crippen LogP contribution in [0.1, 0.15) is 37.7 Å². The van der Waals surface area contributed by atoms with E-state index in [0.29, 0.717) is 17.8 Å². The van der Waals surface area contributed by atoms with Crippen molar-refractivity contribution in [2.24, 2.45) is 20.0 Å². The van der Waals surface area contributed by atoms with Gasteiger partial charge in [0.25, 0.3) is 5.56 Å². The molecule has 1 saturated heterocycles. The predicted octanol–water partition coefficient (Wildman–Crippen LogP) is 0.725. The van der Waals surface area contributed by atoms with Gasteiger partial charge in [-0.2, -0.15) is 5.26 Å². The summed E-state index contributed by atoms with van der Waals surface area (Å²) < 4.78 is 2.47. The number of fused-ring (bicyclic) bond motifs is 1. The van der Waals surface area contributed by atoms with Gasteiger partial charge in [0.1, 0.15) is 11.9 Å². The van der Waals surface area contributed by atoms with Crippen molar-refractivity contribution in [3.05, 3.63) is 26.4 Å². The molecule has 6 heteroatoms. The Balaban J connectivity index is 2.17. The standard InChI is InChI=1S/C15H20N4O2/c1-17-13(11(9-16)14(20)18(2)15(17)21)19-8-7-10-5-3-4-6-12(10)19/h10,12H,3-8H2,1-2H3. The van der Waals surface area contributed by atoms with Crippen LogP contribution in [0.2, 0.25) is 0 Å². The van der Waals surface area contributed by atoms with Gasteiger partial charge in [-0.05, 0) is 25.2 Å². The number of hydrogen-bond acceptors (Lipinski definition) is 4. The Morgan fingerprint density at radius 3 is 2.52 bits per heavy atom. The first kappa shape index (κ1) is 13.9. The van der Waals surface area contributed by atoms with Crippen molar-refractivity contribution in [3.63, 3.8) is 0 Å². The summed E-state index contributed by atoms with van der Waals surface area (Å²) in [5.41, 5.74) is -0.769. The van der Waals surface area contributed by atoms with Gasteiger partial charge in [0.2, 0.25) is 0 Å². The summed E-state index contributed by atoms with van der Waals surface area (Å²) in [5.74, 6) is 1.14. The van der Waals surface area contributed by atoms with Crippen LogP contribution in [-0.4, -0.2) is 21.7 Å². The van der Waals surface area contributed by atoms with E-state index >= 15 is 0 Å². The zero-order chi connectivity index (χ0) is 15.1. The van der Waals surface area contributed by atoms with E-state index in [4.69, 9.17) is 0 Å². The van der Waals surface area contributed by atoms with Crippen LogP contribution in [0.15, 0.2) is 9.59 Å². The van der Waals surface area contributed by atoms with E-state index < -0.39 is 5.56 Å². The van der Waals surface area contributed by atoms with Crippen molar-refractivity contribution < 1.29 is 0 Å². The molecule has 0 aromatic carbocycles. The first-order chi connectivity index (χ1) is 10.1. The average Bonchev–Trinajstić information content (AvgIpc) is 2.92. The molecule has 1 saturated carbocycles. The second-order valence-electron chi connectivity index (χ2n) is 6.11. The van der Waals surface area contributed by atoms with Crippen LogP contribution in [0.25, 0.3) is 0 Å². The summed E-state index contributed by atoms with van der Waals surface area (Å²) in [6.07, 6.45) is 5.81. The Bertz CT molecular complexity index is 725. The van der Waals surface area contributed by atoms with Gasteiger partial charge in [0, 0.05) is 26.7 Å². The van der Waals surface area contributed by atoms with Crippen molar-refractivity contribution >= 4 is 5.82 Å². The van der Waals surface area contributed by atoms with Crippen LogP contribution < -0.4 is 16.1 Å². The Labute approximate surface area is 123 Å². The maximum absolute atomic E-state index is 12.2. The topological polar surface area (TPSA) is 71.0 Å². The molecule has 6 nitrogen and oxygen atoms in total. The molecule has 0 bridgehead atoms. The number of rotatable bonds is 1. The average molecular weight is 288 g/mol. The first-order valence-electron chi connectivity index (χ1n) is 7.53. The van der Waals surface area contributed by atoms with Gasteiger partial charge in [-0.15, -0.1) is 0 Å². The molecular formula is C15H20N4O2. The third-order valence-electron chi connectivity index (χ3n) is 5.03. The summed E-state index contributed by atoms with van der Waals surface area (Å²) >= 11 is 0. The van der Waals surface area contributed by atoms with Crippen LogP contribution in [0.5, 0.6) is 0 Å². The van der Waals surface area contributed by atoms with Gasteiger partial charge in [-0.25, -0.2) is 4.79 Å².